The number of piperidine rings is 1. The predicted molar refractivity (Wildman–Crippen MR) is 76.5 cm³/mol. The van der Waals surface area contributed by atoms with Crippen LogP contribution in [0.3, 0.4) is 0 Å². The standard InChI is InChI=1S/C14H19BrFNO2/c1-18-12-8-11(16)10(13(15)14(12)19-2)7-9-3-5-17-6-4-9/h8-9,17H,3-7H2,1-2H3. The molecule has 0 aliphatic carbocycles. The van der Waals surface area contributed by atoms with Crippen LogP contribution in [0, 0.1) is 11.7 Å². The zero-order chi connectivity index (χ0) is 13.8. The maximum atomic E-state index is 14.2. The molecule has 1 aromatic rings. The minimum absolute atomic E-state index is 0.233. The molecule has 1 aliphatic heterocycles. The highest BCUT2D eigenvalue weighted by Crippen LogP contribution is 2.40. The van der Waals surface area contributed by atoms with Crippen molar-refractivity contribution in [2.75, 3.05) is 27.3 Å². The molecule has 1 aliphatic rings. The number of hydrogen-bond acceptors (Lipinski definition) is 3. The average Bonchev–Trinajstić information content (AvgIpc) is 2.44. The van der Waals surface area contributed by atoms with Gasteiger partial charge in [0.25, 0.3) is 0 Å². The highest BCUT2D eigenvalue weighted by Gasteiger charge is 2.22. The van der Waals surface area contributed by atoms with Crippen LogP contribution in [-0.4, -0.2) is 27.3 Å². The maximum Gasteiger partial charge on any atom is 0.175 e. The summed E-state index contributed by atoms with van der Waals surface area (Å²) in [5.41, 5.74) is 0.685. The van der Waals surface area contributed by atoms with Crippen molar-refractivity contribution in [3.8, 4) is 11.5 Å². The molecule has 0 unspecified atom stereocenters. The zero-order valence-electron chi connectivity index (χ0n) is 11.3. The highest BCUT2D eigenvalue weighted by atomic mass is 79.9. The van der Waals surface area contributed by atoms with Gasteiger partial charge in [0, 0.05) is 11.6 Å². The van der Waals surface area contributed by atoms with Crippen LogP contribution in [-0.2, 0) is 6.42 Å². The third kappa shape index (κ3) is 3.20. The van der Waals surface area contributed by atoms with Crippen molar-refractivity contribution in [2.24, 2.45) is 5.92 Å². The normalized spacial score (nSPS) is 16.4. The van der Waals surface area contributed by atoms with Crippen LogP contribution >= 0.6 is 15.9 Å². The van der Waals surface area contributed by atoms with E-state index in [9.17, 15) is 4.39 Å². The minimum atomic E-state index is -0.233. The Balaban J connectivity index is 2.28. The van der Waals surface area contributed by atoms with Crippen LogP contribution in [0.4, 0.5) is 4.39 Å². The van der Waals surface area contributed by atoms with Crippen LogP contribution in [0.15, 0.2) is 10.5 Å². The first-order valence-electron chi connectivity index (χ1n) is 6.47. The molecule has 1 aromatic carbocycles. The summed E-state index contributed by atoms with van der Waals surface area (Å²) >= 11 is 3.45. The molecule has 3 nitrogen and oxygen atoms in total. The second-order valence-corrected chi connectivity index (χ2v) is 5.58. The van der Waals surface area contributed by atoms with E-state index < -0.39 is 0 Å². The van der Waals surface area contributed by atoms with Crippen molar-refractivity contribution in [1.29, 1.82) is 0 Å². The van der Waals surface area contributed by atoms with Crippen LogP contribution < -0.4 is 14.8 Å². The van der Waals surface area contributed by atoms with E-state index in [-0.39, 0.29) is 5.82 Å². The second-order valence-electron chi connectivity index (χ2n) is 4.78. The van der Waals surface area contributed by atoms with Gasteiger partial charge in [-0.2, -0.15) is 0 Å². The van der Waals surface area contributed by atoms with Crippen LogP contribution in [0.2, 0.25) is 0 Å². The van der Waals surface area contributed by atoms with Crippen molar-refractivity contribution in [3.63, 3.8) is 0 Å². The zero-order valence-corrected chi connectivity index (χ0v) is 12.8. The van der Waals surface area contributed by atoms with Crippen LogP contribution in [0.25, 0.3) is 0 Å². The third-order valence-electron chi connectivity index (χ3n) is 3.61. The maximum absolute atomic E-state index is 14.2. The predicted octanol–water partition coefficient (Wildman–Crippen LogP) is 3.15. The van der Waals surface area contributed by atoms with Gasteiger partial charge in [-0.05, 0) is 54.2 Å². The molecule has 0 spiro atoms. The summed E-state index contributed by atoms with van der Waals surface area (Å²) in [6.45, 7) is 2.02. The Hall–Kier alpha value is -0.810. The van der Waals surface area contributed by atoms with E-state index in [0.29, 0.717) is 27.5 Å². The molecule has 1 saturated heterocycles. The SMILES string of the molecule is COc1cc(F)c(CC2CCNCC2)c(Br)c1OC. The number of halogens is 2. The summed E-state index contributed by atoms with van der Waals surface area (Å²) in [7, 11) is 3.07. The van der Waals surface area contributed by atoms with E-state index >= 15 is 0 Å². The largest absolute Gasteiger partial charge is 0.493 e. The highest BCUT2D eigenvalue weighted by molar-refractivity contribution is 9.10. The van der Waals surface area contributed by atoms with Gasteiger partial charge in [0.2, 0.25) is 0 Å². The summed E-state index contributed by atoms with van der Waals surface area (Å²) in [5.74, 6) is 1.27. The summed E-state index contributed by atoms with van der Waals surface area (Å²) in [6, 6.07) is 1.40. The monoisotopic (exact) mass is 331 g/mol. The summed E-state index contributed by atoms with van der Waals surface area (Å²) in [6.07, 6.45) is 2.90. The molecular weight excluding hydrogens is 313 g/mol. The molecule has 2 rings (SSSR count). The molecule has 1 N–H and O–H groups in total. The van der Waals surface area contributed by atoms with E-state index in [1.807, 2.05) is 0 Å². The van der Waals surface area contributed by atoms with E-state index in [1.165, 1.54) is 13.2 Å². The lowest BCUT2D eigenvalue weighted by molar-refractivity contribution is 0.344. The fourth-order valence-electron chi connectivity index (χ4n) is 2.52. The van der Waals surface area contributed by atoms with Crippen molar-refractivity contribution in [1.82, 2.24) is 5.32 Å². The molecular formula is C14H19BrFNO2. The molecule has 1 fully saturated rings. The summed E-state index contributed by atoms with van der Waals surface area (Å²) in [5, 5.41) is 3.32. The van der Waals surface area contributed by atoms with Gasteiger partial charge in [-0.25, -0.2) is 4.39 Å². The first-order chi connectivity index (χ1) is 9.17. The first-order valence-corrected chi connectivity index (χ1v) is 7.26. The molecule has 1 heterocycles. The van der Waals surface area contributed by atoms with Crippen molar-refractivity contribution >= 4 is 15.9 Å². The number of rotatable bonds is 4. The lowest BCUT2D eigenvalue weighted by atomic mass is 9.90. The summed E-state index contributed by atoms with van der Waals surface area (Å²) < 4.78 is 25.3. The van der Waals surface area contributed by atoms with Crippen molar-refractivity contribution in [3.05, 3.63) is 21.9 Å². The van der Waals surface area contributed by atoms with Crippen LogP contribution in [0.1, 0.15) is 18.4 Å². The number of benzene rings is 1. The quantitative estimate of drug-likeness (QED) is 0.919. The Labute approximate surface area is 121 Å². The Kier molecular flexibility index (Phi) is 5.05. The number of hydrogen-bond donors (Lipinski definition) is 1. The molecule has 106 valence electrons. The number of nitrogens with one attached hydrogen (secondary N) is 1. The van der Waals surface area contributed by atoms with Crippen molar-refractivity contribution < 1.29 is 13.9 Å². The van der Waals surface area contributed by atoms with Gasteiger partial charge in [-0.1, -0.05) is 0 Å². The number of methoxy groups -OCH3 is 2. The van der Waals surface area contributed by atoms with Crippen molar-refractivity contribution in [2.45, 2.75) is 19.3 Å². The third-order valence-corrected chi connectivity index (χ3v) is 4.45. The van der Waals surface area contributed by atoms with E-state index in [0.717, 1.165) is 32.4 Å². The van der Waals surface area contributed by atoms with Gasteiger partial charge in [-0.3, -0.25) is 0 Å². The molecule has 0 atom stereocenters. The Morgan fingerprint density at radius 3 is 2.58 bits per heavy atom. The smallest absolute Gasteiger partial charge is 0.175 e. The molecule has 0 bridgehead atoms. The lowest BCUT2D eigenvalue weighted by Gasteiger charge is -2.24. The fourth-order valence-corrected chi connectivity index (χ4v) is 3.23. The lowest BCUT2D eigenvalue weighted by Crippen LogP contribution is -2.28. The van der Waals surface area contributed by atoms with Gasteiger partial charge in [0.05, 0.1) is 18.7 Å². The van der Waals surface area contributed by atoms with Gasteiger partial charge in [0.1, 0.15) is 5.82 Å². The van der Waals surface area contributed by atoms with Gasteiger partial charge >= 0.3 is 0 Å². The van der Waals surface area contributed by atoms with Gasteiger partial charge < -0.3 is 14.8 Å². The summed E-state index contributed by atoms with van der Waals surface area (Å²) in [4.78, 5) is 0. The Bertz CT molecular complexity index is 448. The topological polar surface area (TPSA) is 30.5 Å². The molecule has 19 heavy (non-hydrogen) atoms. The fraction of sp³-hybridized carbons (Fsp3) is 0.571. The molecule has 0 amide bonds. The molecule has 5 heteroatoms. The van der Waals surface area contributed by atoms with Gasteiger partial charge in [0.15, 0.2) is 11.5 Å². The minimum Gasteiger partial charge on any atom is -0.493 e. The van der Waals surface area contributed by atoms with Gasteiger partial charge in [-0.15, -0.1) is 0 Å². The average molecular weight is 332 g/mol. The molecule has 0 saturated carbocycles. The molecule has 0 radical (unpaired) electrons. The Morgan fingerprint density at radius 1 is 1.32 bits per heavy atom. The van der Waals surface area contributed by atoms with E-state index in [2.05, 4.69) is 21.2 Å². The number of ether oxygens (including phenoxy) is 2. The van der Waals surface area contributed by atoms with E-state index in [1.54, 1.807) is 7.11 Å². The first kappa shape index (κ1) is 14.6. The Morgan fingerprint density at radius 2 is 2.00 bits per heavy atom. The molecule has 0 aromatic heterocycles. The van der Waals surface area contributed by atoms with Crippen LogP contribution in [0.5, 0.6) is 11.5 Å². The second kappa shape index (κ2) is 6.57. The van der Waals surface area contributed by atoms with E-state index in [4.69, 9.17) is 9.47 Å².